The quantitative estimate of drug-likeness (QED) is 0.608. The molecule has 3 aliphatic rings. The second kappa shape index (κ2) is 3.25. The van der Waals surface area contributed by atoms with Crippen molar-refractivity contribution in [2.45, 2.75) is 31.7 Å². The van der Waals surface area contributed by atoms with E-state index >= 15 is 0 Å². The molecule has 3 atom stereocenters. The first-order valence-corrected chi connectivity index (χ1v) is 5.75. The highest BCUT2D eigenvalue weighted by atomic mass is 16.5. The van der Waals surface area contributed by atoms with Gasteiger partial charge in [0, 0.05) is 19.1 Å². The van der Waals surface area contributed by atoms with Crippen LogP contribution in [0.1, 0.15) is 25.7 Å². The lowest BCUT2D eigenvalue weighted by molar-refractivity contribution is 0.00415. The van der Waals surface area contributed by atoms with Crippen LogP contribution in [0.5, 0.6) is 0 Å². The summed E-state index contributed by atoms with van der Waals surface area (Å²) in [6.07, 6.45) is 6.05. The topological polar surface area (TPSA) is 12.5 Å². The van der Waals surface area contributed by atoms with Crippen LogP contribution in [0.4, 0.5) is 0 Å². The monoisotopic (exact) mass is 181 g/mol. The number of hydrogen-bond donors (Lipinski definition) is 0. The maximum Gasteiger partial charge on any atom is 0.0594 e. The summed E-state index contributed by atoms with van der Waals surface area (Å²) in [5.74, 6) is 2.13. The van der Waals surface area contributed by atoms with Crippen LogP contribution in [0.2, 0.25) is 0 Å². The highest BCUT2D eigenvalue weighted by molar-refractivity contribution is 4.95. The van der Waals surface area contributed by atoms with Crippen molar-refractivity contribution < 1.29 is 4.74 Å². The van der Waals surface area contributed by atoms with E-state index in [1.165, 1.54) is 38.8 Å². The molecule has 0 N–H and O–H groups in total. The Balaban J connectivity index is 1.65. The minimum absolute atomic E-state index is 0.933. The van der Waals surface area contributed by atoms with Crippen LogP contribution in [0.3, 0.4) is 0 Å². The summed E-state index contributed by atoms with van der Waals surface area (Å²) in [6.45, 7) is 4.31. The summed E-state index contributed by atoms with van der Waals surface area (Å²) in [7, 11) is 0. The van der Waals surface area contributed by atoms with Gasteiger partial charge in [0.05, 0.1) is 13.2 Å². The first kappa shape index (κ1) is 8.25. The maximum atomic E-state index is 5.40. The predicted molar refractivity (Wildman–Crippen MR) is 51.6 cm³/mol. The van der Waals surface area contributed by atoms with Crippen molar-refractivity contribution in [3.63, 3.8) is 0 Å². The van der Waals surface area contributed by atoms with Crippen LogP contribution in [-0.2, 0) is 4.74 Å². The average Bonchev–Trinajstić information content (AvgIpc) is 2.80. The van der Waals surface area contributed by atoms with E-state index in [9.17, 15) is 0 Å². The summed E-state index contributed by atoms with van der Waals surface area (Å²) in [5.41, 5.74) is 0. The van der Waals surface area contributed by atoms with E-state index in [2.05, 4.69) is 4.90 Å². The third kappa shape index (κ3) is 1.40. The van der Waals surface area contributed by atoms with Crippen LogP contribution < -0.4 is 0 Å². The molecule has 3 fully saturated rings. The average molecular weight is 181 g/mol. The van der Waals surface area contributed by atoms with Gasteiger partial charge in [-0.25, -0.2) is 0 Å². The summed E-state index contributed by atoms with van der Waals surface area (Å²) < 4.78 is 5.40. The van der Waals surface area contributed by atoms with Crippen LogP contribution >= 0.6 is 0 Å². The standard InChI is InChI=1S/C11H19NO/c1-2-10-7-9(1)8-11(10)12-3-5-13-6-4-12/h9-11H,1-8H2/t9-,10+,11-/m0/s1. The molecule has 2 heteroatoms. The molecule has 2 nitrogen and oxygen atoms in total. The Bertz CT molecular complexity index is 189. The first-order chi connectivity index (χ1) is 6.43. The largest absolute Gasteiger partial charge is 0.379 e. The minimum atomic E-state index is 0.933. The summed E-state index contributed by atoms with van der Waals surface area (Å²) >= 11 is 0. The Labute approximate surface area is 80.2 Å². The Morgan fingerprint density at radius 2 is 1.85 bits per heavy atom. The fraction of sp³-hybridized carbons (Fsp3) is 1.00. The molecule has 2 saturated carbocycles. The van der Waals surface area contributed by atoms with Gasteiger partial charge in [-0.05, 0) is 31.1 Å². The Morgan fingerprint density at radius 1 is 1.00 bits per heavy atom. The zero-order valence-corrected chi connectivity index (χ0v) is 8.24. The van der Waals surface area contributed by atoms with Crippen LogP contribution in [-0.4, -0.2) is 37.2 Å². The van der Waals surface area contributed by atoms with Gasteiger partial charge in [0.2, 0.25) is 0 Å². The molecule has 1 heterocycles. The van der Waals surface area contributed by atoms with E-state index in [-0.39, 0.29) is 0 Å². The number of nitrogens with zero attached hydrogens (tertiary/aromatic N) is 1. The fourth-order valence-electron chi connectivity index (χ4n) is 3.57. The van der Waals surface area contributed by atoms with Gasteiger partial charge in [-0.1, -0.05) is 6.42 Å². The van der Waals surface area contributed by atoms with Crippen molar-refractivity contribution in [3.8, 4) is 0 Å². The molecule has 1 saturated heterocycles. The lowest BCUT2D eigenvalue weighted by Crippen LogP contribution is -2.45. The second-order valence-corrected chi connectivity index (χ2v) is 4.89. The number of ether oxygens (including phenoxy) is 1. The predicted octanol–water partition coefficient (Wildman–Crippen LogP) is 1.51. The zero-order chi connectivity index (χ0) is 8.67. The van der Waals surface area contributed by atoms with E-state index in [1.54, 1.807) is 0 Å². The molecule has 0 aromatic rings. The number of rotatable bonds is 1. The molecule has 13 heavy (non-hydrogen) atoms. The lowest BCUT2D eigenvalue weighted by atomic mass is 9.94. The van der Waals surface area contributed by atoms with Crippen LogP contribution in [0.15, 0.2) is 0 Å². The van der Waals surface area contributed by atoms with Crippen molar-refractivity contribution in [2.24, 2.45) is 11.8 Å². The van der Waals surface area contributed by atoms with Crippen molar-refractivity contribution in [1.82, 2.24) is 4.90 Å². The van der Waals surface area contributed by atoms with Gasteiger partial charge >= 0.3 is 0 Å². The van der Waals surface area contributed by atoms with Crippen molar-refractivity contribution in [3.05, 3.63) is 0 Å². The van der Waals surface area contributed by atoms with Crippen molar-refractivity contribution >= 4 is 0 Å². The van der Waals surface area contributed by atoms with Crippen LogP contribution in [0, 0.1) is 11.8 Å². The normalized spacial score (nSPS) is 45.7. The highest BCUT2D eigenvalue weighted by Gasteiger charge is 2.42. The SMILES string of the molecule is C1CN([C@H]2C[C@H]3CC[C@@H]2C3)CCO1. The van der Waals surface area contributed by atoms with Crippen molar-refractivity contribution in [2.75, 3.05) is 26.3 Å². The molecule has 0 amide bonds. The molecule has 0 aromatic carbocycles. The van der Waals surface area contributed by atoms with Gasteiger partial charge < -0.3 is 4.74 Å². The molecule has 2 bridgehead atoms. The molecule has 0 unspecified atom stereocenters. The molecule has 2 aliphatic carbocycles. The van der Waals surface area contributed by atoms with Gasteiger partial charge in [0.1, 0.15) is 0 Å². The van der Waals surface area contributed by atoms with Crippen molar-refractivity contribution in [1.29, 1.82) is 0 Å². The molecule has 0 spiro atoms. The van der Waals surface area contributed by atoms with E-state index in [0.717, 1.165) is 31.1 Å². The summed E-state index contributed by atoms with van der Waals surface area (Å²) in [4.78, 5) is 2.69. The van der Waals surface area contributed by atoms with Gasteiger partial charge in [0.25, 0.3) is 0 Å². The molecule has 0 radical (unpaired) electrons. The maximum absolute atomic E-state index is 5.40. The van der Waals surface area contributed by atoms with E-state index in [4.69, 9.17) is 4.74 Å². The van der Waals surface area contributed by atoms with E-state index < -0.39 is 0 Å². The summed E-state index contributed by atoms with van der Waals surface area (Å²) in [6, 6.07) is 0.933. The van der Waals surface area contributed by atoms with Gasteiger partial charge in [-0.15, -0.1) is 0 Å². The number of fused-ring (bicyclic) bond motifs is 2. The van der Waals surface area contributed by atoms with Gasteiger partial charge in [-0.3, -0.25) is 4.90 Å². The molecular formula is C11H19NO. The lowest BCUT2D eigenvalue weighted by Gasteiger charge is -2.36. The fourth-order valence-corrected chi connectivity index (χ4v) is 3.57. The van der Waals surface area contributed by atoms with Gasteiger partial charge in [0.15, 0.2) is 0 Å². The highest BCUT2D eigenvalue weighted by Crippen LogP contribution is 2.46. The van der Waals surface area contributed by atoms with E-state index in [1.807, 2.05) is 0 Å². The molecular weight excluding hydrogens is 162 g/mol. The molecule has 0 aromatic heterocycles. The van der Waals surface area contributed by atoms with Crippen LogP contribution in [0.25, 0.3) is 0 Å². The second-order valence-electron chi connectivity index (χ2n) is 4.89. The summed E-state index contributed by atoms with van der Waals surface area (Å²) in [5, 5.41) is 0. The van der Waals surface area contributed by atoms with Gasteiger partial charge in [-0.2, -0.15) is 0 Å². The Kier molecular flexibility index (Phi) is 2.06. The third-order valence-corrected chi connectivity index (χ3v) is 4.22. The number of morpholine rings is 1. The number of hydrogen-bond acceptors (Lipinski definition) is 2. The minimum Gasteiger partial charge on any atom is -0.379 e. The smallest absolute Gasteiger partial charge is 0.0594 e. The van der Waals surface area contributed by atoms with E-state index in [0.29, 0.717) is 0 Å². The third-order valence-electron chi connectivity index (χ3n) is 4.22. The molecule has 1 aliphatic heterocycles. The Hall–Kier alpha value is -0.0800. The molecule has 3 rings (SSSR count). The Morgan fingerprint density at radius 3 is 2.46 bits per heavy atom. The zero-order valence-electron chi connectivity index (χ0n) is 8.24. The first-order valence-electron chi connectivity index (χ1n) is 5.75. The molecule has 74 valence electrons.